The molecule has 2 aromatic carbocycles. The van der Waals surface area contributed by atoms with Gasteiger partial charge < -0.3 is 9.64 Å². The quantitative estimate of drug-likeness (QED) is 0.826. The van der Waals surface area contributed by atoms with Crippen molar-refractivity contribution in [2.24, 2.45) is 0 Å². The van der Waals surface area contributed by atoms with Gasteiger partial charge in [0.15, 0.2) is 6.10 Å². The zero-order chi connectivity index (χ0) is 16.1. The van der Waals surface area contributed by atoms with Crippen molar-refractivity contribution in [3.8, 4) is 5.75 Å². The maximum Gasteiger partial charge on any atom is 0.267 e. The lowest BCUT2D eigenvalue weighted by molar-refractivity contribution is -0.124. The lowest BCUT2D eigenvalue weighted by atomic mass is 10.0. The summed E-state index contributed by atoms with van der Waals surface area (Å²) in [7, 11) is 1.77. The Kier molecular flexibility index (Phi) is 5.21. The number of ether oxygens (including phenoxy) is 1. The molecule has 22 heavy (non-hydrogen) atoms. The summed E-state index contributed by atoms with van der Waals surface area (Å²) >= 11 is 0. The third-order valence-corrected chi connectivity index (χ3v) is 3.67. The molecule has 0 aromatic heterocycles. The number of hydrogen-bond acceptors (Lipinski definition) is 2. The second-order valence-corrected chi connectivity index (χ2v) is 5.69. The number of likely N-dealkylation sites (N-methyl/N-ethyl adjacent to an activating group) is 1. The summed E-state index contributed by atoms with van der Waals surface area (Å²) in [5.41, 5.74) is 1.98. The normalized spacial score (nSPS) is 12.0. The van der Waals surface area contributed by atoms with Gasteiger partial charge >= 0.3 is 0 Å². The molecule has 0 saturated carbocycles. The molecule has 2 rings (SSSR count). The van der Waals surface area contributed by atoms with Gasteiger partial charge in [-0.25, -0.2) is 0 Å². The number of hydrogen-bond donors (Lipinski definition) is 0. The van der Waals surface area contributed by atoms with E-state index in [1.165, 1.54) is 0 Å². The molecule has 0 aliphatic rings. The van der Waals surface area contributed by atoms with Crippen LogP contribution in [0.25, 0.3) is 0 Å². The molecule has 0 unspecified atom stereocenters. The van der Waals surface area contributed by atoms with Gasteiger partial charge in [0.25, 0.3) is 5.91 Å². The lowest BCUT2D eigenvalue weighted by Gasteiger charge is -2.23. The van der Waals surface area contributed by atoms with Crippen LogP contribution in [0.5, 0.6) is 5.75 Å². The molecular formula is C19H23NO2. The fourth-order valence-electron chi connectivity index (χ4n) is 2.36. The molecule has 116 valence electrons. The third kappa shape index (κ3) is 3.67. The van der Waals surface area contributed by atoms with Crippen LogP contribution in [0.2, 0.25) is 0 Å². The molecule has 0 N–H and O–H groups in total. The van der Waals surface area contributed by atoms with Crippen molar-refractivity contribution in [2.45, 2.75) is 32.8 Å². The van der Waals surface area contributed by atoms with Crippen LogP contribution >= 0.6 is 0 Å². The molecule has 1 amide bonds. The monoisotopic (exact) mass is 297 g/mol. The maximum absolute atomic E-state index is 12.5. The smallest absolute Gasteiger partial charge is 0.267 e. The Hall–Kier alpha value is -2.29. The first-order chi connectivity index (χ1) is 10.5. The van der Waals surface area contributed by atoms with Gasteiger partial charge in [-0.1, -0.05) is 50.2 Å². The van der Waals surface area contributed by atoms with Crippen molar-refractivity contribution in [3.05, 3.63) is 60.2 Å². The maximum atomic E-state index is 12.5. The van der Waals surface area contributed by atoms with Crippen LogP contribution in [0.15, 0.2) is 54.6 Å². The van der Waals surface area contributed by atoms with E-state index in [4.69, 9.17) is 4.74 Å². The first kappa shape index (κ1) is 16.1. The van der Waals surface area contributed by atoms with Crippen molar-refractivity contribution in [2.75, 3.05) is 11.9 Å². The molecular weight excluding hydrogens is 274 g/mol. The number of anilines is 1. The summed E-state index contributed by atoms with van der Waals surface area (Å²) in [6.45, 7) is 6.02. The highest BCUT2D eigenvalue weighted by Gasteiger charge is 2.21. The molecule has 0 bridgehead atoms. The van der Waals surface area contributed by atoms with Gasteiger partial charge in [0.1, 0.15) is 5.75 Å². The number of carbonyl (C=O) groups excluding carboxylic acids is 1. The summed E-state index contributed by atoms with van der Waals surface area (Å²) in [5.74, 6) is 1.06. The number of para-hydroxylation sites is 2. The van der Waals surface area contributed by atoms with E-state index >= 15 is 0 Å². The number of carbonyl (C=O) groups is 1. The van der Waals surface area contributed by atoms with Crippen molar-refractivity contribution in [1.29, 1.82) is 0 Å². The molecule has 0 fully saturated rings. The van der Waals surface area contributed by atoms with Crippen LogP contribution in [-0.4, -0.2) is 19.1 Å². The van der Waals surface area contributed by atoms with Crippen LogP contribution in [0.3, 0.4) is 0 Å². The number of rotatable bonds is 5. The Morgan fingerprint density at radius 2 is 1.55 bits per heavy atom. The van der Waals surface area contributed by atoms with Gasteiger partial charge in [0.2, 0.25) is 0 Å². The standard InChI is InChI=1S/C19H23NO2/c1-14(2)17-12-8-9-13-18(17)22-15(3)19(21)20(4)16-10-6-5-7-11-16/h5-15H,1-4H3/t15-/m1/s1. The predicted molar refractivity (Wildman–Crippen MR) is 90.5 cm³/mol. The Bertz CT molecular complexity index is 622. The average molecular weight is 297 g/mol. The second kappa shape index (κ2) is 7.12. The summed E-state index contributed by atoms with van der Waals surface area (Å²) in [6, 6.07) is 17.5. The van der Waals surface area contributed by atoms with E-state index < -0.39 is 6.10 Å². The summed E-state index contributed by atoms with van der Waals surface area (Å²) in [5, 5.41) is 0. The van der Waals surface area contributed by atoms with Crippen molar-refractivity contribution < 1.29 is 9.53 Å². The van der Waals surface area contributed by atoms with Crippen molar-refractivity contribution >= 4 is 11.6 Å². The fraction of sp³-hybridized carbons (Fsp3) is 0.316. The van der Waals surface area contributed by atoms with Gasteiger partial charge in [-0.15, -0.1) is 0 Å². The van der Waals surface area contributed by atoms with Gasteiger partial charge in [-0.2, -0.15) is 0 Å². The van der Waals surface area contributed by atoms with E-state index in [1.54, 1.807) is 18.9 Å². The van der Waals surface area contributed by atoms with Crippen LogP contribution in [0.4, 0.5) is 5.69 Å². The minimum atomic E-state index is -0.537. The first-order valence-electron chi connectivity index (χ1n) is 7.59. The minimum absolute atomic E-state index is 0.0650. The summed E-state index contributed by atoms with van der Waals surface area (Å²) < 4.78 is 5.92. The molecule has 3 nitrogen and oxygen atoms in total. The van der Waals surface area contributed by atoms with Gasteiger partial charge in [0.05, 0.1) is 0 Å². The van der Waals surface area contributed by atoms with E-state index in [1.807, 2.05) is 54.6 Å². The van der Waals surface area contributed by atoms with Crippen LogP contribution < -0.4 is 9.64 Å². The Balaban J connectivity index is 2.12. The Morgan fingerprint density at radius 3 is 2.18 bits per heavy atom. The third-order valence-electron chi connectivity index (χ3n) is 3.67. The SMILES string of the molecule is CC(C)c1ccccc1O[C@H](C)C(=O)N(C)c1ccccc1. The van der Waals surface area contributed by atoms with Gasteiger partial charge in [-0.3, -0.25) is 4.79 Å². The first-order valence-corrected chi connectivity index (χ1v) is 7.59. The molecule has 0 heterocycles. The largest absolute Gasteiger partial charge is 0.481 e. The number of nitrogens with zero attached hydrogens (tertiary/aromatic N) is 1. The van der Waals surface area contributed by atoms with Crippen LogP contribution in [-0.2, 0) is 4.79 Å². The molecule has 2 aromatic rings. The zero-order valence-electron chi connectivity index (χ0n) is 13.6. The van der Waals surface area contributed by atoms with E-state index in [2.05, 4.69) is 13.8 Å². The Labute approximate surface area is 132 Å². The van der Waals surface area contributed by atoms with Crippen molar-refractivity contribution in [3.63, 3.8) is 0 Å². The molecule has 0 aliphatic heterocycles. The highest BCUT2D eigenvalue weighted by atomic mass is 16.5. The fourth-order valence-corrected chi connectivity index (χ4v) is 2.36. The van der Waals surface area contributed by atoms with Crippen molar-refractivity contribution in [1.82, 2.24) is 0 Å². The molecule has 1 atom stereocenters. The predicted octanol–water partition coefficient (Wildman–Crippen LogP) is 4.24. The number of amides is 1. The van der Waals surface area contributed by atoms with Crippen LogP contribution in [0.1, 0.15) is 32.3 Å². The zero-order valence-corrected chi connectivity index (χ0v) is 13.6. The molecule has 3 heteroatoms. The van der Waals surface area contributed by atoms with E-state index in [-0.39, 0.29) is 5.91 Å². The number of benzene rings is 2. The summed E-state index contributed by atoms with van der Waals surface area (Å²) in [6.07, 6.45) is -0.537. The van der Waals surface area contributed by atoms with Crippen LogP contribution in [0, 0.1) is 0 Å². The van der Waals surface area contributed by atoms with E-state index in [9.17, 15) is 4.79 Å². The molecule has 0 aliphatic carbocycles. The van der Waals surface area contributed by atoms with Gasteiger partial charge in [-0.05, 0) is 36.6 Å². The molecule has 0 spiro atoms. The lowest BCUT2D eigenvalue weighted by Crippen LogP contribution is -2.38. The second-order valence-electron chi connectivity index (χ2n) is 5.69. The molecule has 0 saturated heterocycles. The van der Waals surface area contributed by atoms with Gasteiger partial charge in [0, 0.05) is 12.7 Å². The Morgan fingerprint density at radius 1 is 0.955 bits per heavy atom. The van der Waals surface area contributed by atoms with E-state index in [0.29, 0.717) is 5.92 Å². The average Bonchev–Trinajstić information content (AvgIpc) is 2.54. The topological polar surface area (TPSA) is 29.5 Å². The van der Waals surface area contributed by atoms with E-state index in [0.717, 1.165) is 17.0 Å². The molecule has 0 radical (unpaired) electrons. The summed E-state index contributed by atoms with van der Waals surface area (Å²) in [4.78, 5) is 14.2. The highest BCUT2D eigenvalue weighted by Crippen LogP contribution is 2.27. The minimum Gasteiger partial charge on any atom is -0.481 e. The highest BCUT2D eigenvalue weighted by molar-refractivity contribution is 5.96.